The van der Waals surface area contributed by atoms with Gasteiger partial charge in [0.15, 0.2) is 0 Å². The van der Waals surface area contributed by atoms with Gasteiger partial charge in [-0.25, -0.2) is 0 Å². The van der Waals surface area contributed by atoms with Crippen molar-refractivity contribution < 1.29 is 4.79 Å². The van der Waals surface area contributed by atoms with Crippen molar-refractivity contribution in [3.05, 3.63) is 24.5 Å². The van der Waals surface area contributed by atoms with Gasteiger partial charge in [-0.3, -0.25) is 4.79 Å². The Balaban J connectivity index is 1.48. The van der Waals surface area contributed by atoms with Crippen LogP contribution in [0.4, 0.5) is 0 Å². The highest BCUT2D eigenvalue weighted by Gasteiger charge is 2.29. The first-order chi connectivity index (χ1) is 10.2. The Morgan fingerprint density at radius 2 is 1.67 bits per heavy atom. The zero-order valence-corrected chi connectivity index (χ0v) is 13.1. The highest BCUT2D eigenvalue weighted by Crippen LogP contribution is 2.33. The number of carbonyl (C=O) groups is 1. The predicted molar refractivity (Wildman–Crippen MR) is 85.0 cm³/mol. The molecule has 21 heavy (non-hydrogen) atoms. The van der Waals surface area contributed by atoms with E-state index in [0.717, 1.165) is 25.7 Å². The van der Waals surface area contributed by atoms with Crippen LogP contribution in [0.25, 0.3) is 0 Å². The van der Waals surface area contributed by atoms with E-state index in [1.54, 1.807) is 0 Å². The van der Waals surface area contributed by atoms with E-state index in [9.17, 15) is 4.79 Å². The maximum atomic E-state index is 12.5. The van der Waals surface area contributed by atoms with E-state index in [1.807, 2.05) is 0 Å². The fraction of sp³-hybridized carbons (Fsp3) is 0.722. The van der Waals surface area contributed by atoms with E-state index in [0.29, 0.717) is 23.9 Å². The minimum Gasteiger partial charge on any atom is -0.353 e. The normalized spacial score (nSPS) is 33.6. The Bertz CT molecular complexity index is 446. The second-order valence-corrected chi connectivity index (χ2v) is 7.01. The lowest BCUT2D eigenvalue weighted by atomic mass is 9.83. The van der Waals surface area contributed by atoms with Gasteiger partial charge in [0.1, 0.15) is 0 Å². The first-order valence-electron chi connectivity index (χ1n) is 8.67. The number of amides is 1. The molecule has 0 aliphatic heterocycles. The molecule has 2 atom stereocenters. The van der Waals surface area contributed by atoms with Gasteiger partial charge in [0.25, 0.3) is 0 Å². The average molecular weight is 288 g/mol. The summed E-state index contributed by atoms with van der Waals surface area (Å²) in [5.41, 5.74) is 0. The monoisotopic (exact) mass is 288 g/mol. The maximum absolute atomic E-state index is 12.5. The van der Waals surface area contributed by atoms with Crippen molar-refractivity contribution in [1.82, 2.24) is 9.88 Å². The van der Waals surface area contributed by atoms with Crippen molar-refractivity contribution in [2.75, 3.05) is 0 Å². The van der Waals surface area contributed by atoms with Crippen LogP contribution < -0.4 is 5.32 Å². The lowest BCUT2D eigenvalue weighted by molar-refractivity contribution is -0.127. The predicted octanol–water partition coefficient (Wildman–Crippen LogP) is 3.91. The zero-order valence-electron chi connectivity index (χ0n) is 13.1. The van der Waals surface area contributed by atoms with Crippen LogP contribution in [0.3, 0.4) is 0 Å². The molecule has 0 radical (unpaired) electrons. The summed E-state index contributed by atoms with van der Waals surface area (Å²) < 4.78 is 2.30. The van der Waals surface area contributed by atoms with E-state index in [-0.39, 0.29) is 5.92 Å². The van der Waals surface area contributed by atoms with Crippen LogP contribution >= 0.6 is 0 Å². The molecule has 3 rings (SSSR count). The highest BCUT2D eigenvalue weighted by molar-refractivity contribution is 5.79. The fourth-order valence-corrected chi connectivity index (χ4v) is 4.06. The molecule has 0 unspecified atom stereocenters. The first-order valence-corrected chi connectivity index (χ1v) is 8.67. The van der Waals surface area contributed by atoms with Crippen LogP contribution in [-0.2, 0) is 4.79 Å². The number of hydrogen-bond donors (Lipinski definition) is 1. The Morgan fingerprint density at radius 1 is 1.00 bits per heavy atom. The van der Waals surface area contributed by atoms with Crippen molar-refractivity contribution in [3.63, 3.8) is 0 Å². The van der Waals surface area contributed by atoms with Gasteiger partial charge in [-0.1, -0.05) is 19.8 Å². The molecule has 0 spiro atoms. The SMILES string of the molecule is C[C@H]1CCCC[C@@H]1NC(=O)C1CCC(n2cccc2)CC1. The minimum atomic E-state index is 0.242. The van der Waals surface area contributed by atoms with Gasteiger partial charge in [-0.15, -0.1) is 0 Å². The van der Waals surface area contributed by atoms with E-state index in [2.05, 4.69) is 41.3 Å². The molecule has 0 bridgehead atoms. The number of nitrogens with zero attached hydrogens (tertiary/aromatic N) is 1. The number of aromatic nitrogens is 1. The van der Waals surface area contributed by atoms with Gasteiger partial charge in [-0.2, -0.15) is 0 Å². The lowest BCUT2D eigenvalue weighted by Crippen LogP contribution is -2.44. The van der Waals surface area contributed by atoms with Crippen molar-refractivity contribution in [2.24, 2.45) is 11.8 Å². The lowest BCUT2D eigenvalue weighted by Gasteiger charge is -2.33. The summed E-state index contributed by atoms with van der Waals surface area (Å²) in [5.74, 6) is 1.21. The Kier molecular flexibility index (Phi) is 4.67. The van der Waals surface area contributed by atoms with Gasteiger partial charge in [-0.05, 0) is 56.6 Å². The van der Waals surface area contributed by atoms with Gasteiger partial charge < -0.3 is 9.88 Å². The van der Waals surface area contributed by atoms with Crippen LogP contribution in [0, 0.1) is 11.8 Å². The summed E-state index contributed by atoms with van der Waals surface area (Å²) in [5, 5.41) is 3.34. The summed E-state index contributed by atoms with van der Waals surface area (Å²) in [6.45, 7) is 2.28. The molecule has 2 aliphatic rings. The molecule has 0 saturated heterocycles. The Hall–Kier alpha value is -1.25. The molecule has 1 N–H and O–H groups in total. The molecular weight excluding hydrogens is 260 g/mol. The molecule has 116 valence electrons. The molecule has 3 heteroatoms. The third kappa shape index (κ3) is 3.50. The number of carbonyl (C=O) groups excluding carboxylic acids is 1. The average Bonchev–Trinajstić information content (AvgIpc) is 3.04. The summed E-state index contributed by atoms with van der Waals surface area (Å²) in [4.78, 5) is 12.5. The summed E-state index contributed by atoms with van der Waals surface area (Å²) >= 11 is 0. The second-order valence-electron chi connectivity index (χ2n) is 7.01. The smallest absolute Gasteiger partial charge is 0.223 e. The fourth-order valence-electron chi connectivity index (χ4n) is 4.06. The summed E-state index contributed by atoms with van der Waals surface area (Å²) in [6.07, 6.45) is 13.7. The quantitative estimate of drug-likeness (QED) is 0.899. The van der Waals surface area contributed by atoms with Crippen LogP contribution in [0.2, 0.25) is 0 Å². The number of rotatable bonds is 3. The van der Waals surface area contributed by atoms with Crippen molar-refractivity contribution in [2.45, 2.75) is 70.4 Å². The molecule has 2 aliphatic carbocycles. The van der Waals surface area contributed by atoms with Crippen molar-refractivity contribution in [3.8, 4) is 0 Å². The molecule has 1 amide bonds. The zero-order chi connectivity index (χ0) is 14.7. The van der Waals surface area contributed by atoms with E-state index >= 15 is 0 Å². The van der Waals surface area contributed by atoms with Gasteiger partial charge in [0, 0.05) is 30.4 Å². The number of hydrogen-bond acceptors (Lipinski definition) is 1. The highest BCUT2D eigenvalue weighted by atomic mass is 16.1. The molecular formula is C18H28N2O. The van der Waals surface area contributed by atoms with Gasteiger partial charge >= 0.3 is 0 Å². The molecule has 1 heterocycles. The summed E-state index contributed by atoms with van der Waals surface area (Å²) in [7, 11) is 0. The third-order valence-electron chi connectivity index (χ3n) is 5.56. The Labute approximate surface area is 128 Å². The van der Waals surface area contributed by atoms with Crippen molar-refractivity contribution in [1.29, 1.82) is 0 Å². The van der Waals surface area contributed by atoms with Crippen LogP contribution in [-0.4, -0.2) is 16.5 Å². The van der Waals surface area contributed by atoms with Gasteiger partial charge in [0.2, 0.25) is 5.91 Å². The molecule has 0 aromatic carbocycles. The molecule has 1 aromatic heterocycles. The third-order valence-corrected chi connectivity index (χ3v) is 5.56. The number of nitrogens with one attached hydrogen (secondary N) is 1. The summed E-state index contributed by atoms with van der Waals surface area (Å²) in [6, 6.07) is 5.19. The van der Waals surface area contributed by atoms with Crippen LogP contribution in [0.5, 0.6) is 0 Å². The van der Waals surface area contributed by atoms with Crippen LogP contribution in [0.15, 0.2) is 24.5 Å². The van der Waals surface area contributed by atoms with Crippen molar-refractivity contribution >= 4 is 5.91 Å². The van der Waals surface area contributed by atoms with E-state index in [4.69, 9.17) is 0 Å². The topological polar surface area (TPSA) is 34.0 Å². The molecule has 3 nitrogen and oxygen atoms in total. The molecule has 2 saturated carbocycles. The van der Waals surface area contributed by atoms with E-state index in [1.165, 1.54) is 25.7 Å². The second kappa shape index (κ2) is 6.67. The minimum absolute atomic E-state index is 0.242. The van der Waals surface area contributed by atoms with E-state index < -0.39 is 0 Å². The Morgan fingerprint density at radius 3 is 2.33 bits per heavy atom. The first kappa shape index (κ1) is 14.7. The van der Waals surface area contributed by atoms with Crippen LogP contribution in [0.1, 0.15) is 64.3 Å². The maximum Gasteiger partial charge on any atom is 0.223 e. The molecule has 1 aromatic rings. The largest absolute Gasteiger partial charge is 0.353 e. The van der Waals surface area contributed by atoms with Gasteiger partial charge in [0.05, 0.1) is 0 Å². The molecule has 2 fully saturated rings. The standard InChI is InChI=1S/C18H28N2O/c1-14-6-2-3-7-17(14)19-18(21)15-8-10-16(11-9-15)20-12-4-5-13-20/h4-5,12-17H,2-3,6-11H2,1H3,(H,19,21)/t14-,15?,16?,17-/m0/s1.